The van der Waals surface area contributed by atoms with Gasteiger partial charge in [-0.1, -0.05) is 18.2 Å². The van der Waals surface area contributed by atoms with Crippen LogP contribution in [0.4, 0.5) is 0 Å². The maximum Gasteiger partial charge on any atom is 0.130 e. The van der Waals surface area contributed by atoms with Gasteiger partial charge in [0.05, 0.1) is 5.69 Å². The van der Waals surface area contributed by atoms with Crippen LogP contribution in [-0.2, 0) is 6.61 Å². The van der Waals surface area contributed by atoms with Crippen molar-refractivity contribution in [2.24, 2.45) is 5.73 Å². The second-order valence-corrected chi connectivity index (χ2v) is 4.44. The smallest absolute Gasteiger partial charge is 0.130 e. The Kier molecular flexibility index (Phi) is 3.95. The van der Waals surface area contributed by atoms with Crippen molar-refractivity contribution in [3.8, 4) is 5.75 Å². The molecule has 1 aromatic heterocycles. The van der Waals surface area contributed by atoms with Gasteiger partial charge >= 0.3 is 0 Å². The van der Waals surface area contributed by atoms with Crippen LogP contribution in [-0.4, -0.2) is 4.98 Å². The van der Waals surface area contributed by atoms with Gasteiger partial charge in [0.15, 0.2) is 0 Å². The molecule has 0 amide bonds. The molecule has 0 fully saturated rings. The molecular weight excluding hydrogens is 224 g/mol. The molecule has 0 radical (unpaired) electrons. The van der Waals surface area contributed by atoms with Crippen molar-refractivity contribution in [3.05, 3.63) is 59.4 Å². The van der Waals surface area contributed by atoms with Crippen LogP contribution in [0, 0.1) is 6.92 Å². The average Bonchev–Trinajstić information content (AvgIpc) is 2.37. The molecule has 0 unspecified atom stereocenters. The molecule has 2 N–H and O–H groups in total. The highest BCUT2D eigenvalue weighted by Gasteiger charge is 2.08. The minimum atomic E-state index is -0.0377. The first-order valence-corrected chi connectivity index (χ1v) is 6.05. The summed E-state index contributed by atoms with van der Waals surface area (Å²) in [4.78, 5) is 4.23. The monoisotopic (exact) mass is 242 g/mol. The summed E-state index contributed by atoms with van der Waals surface area (Å²) in [6, 6.07) is 11.8. The molecule has 0 aliphatic carbocycles. The Bertz CT molecular complexity index is 509. The fourth-order valence-electron chi connectivity index (χ4n) is 1.78. The number of rotatable bonds is 4. The second-order valence-electron chi connectivity index (χ2n) is 4.44. The van der Waals surface area contributed by atoms with E-state index >= 15 is 0 Å². The SMILES string of the molecule is Cc1ccc([C@@H](C)N)c(OCc2ccccn2)c1. The van der Waals surface area contributed by atoms with E-state index in [4.69, 9.17) is 10.5 Å². The molecule has 1 heterocycles. The first-order valence-electron chi connectivity index (χ1n) is 6.05. The molecule has 2 rings (SSSR count). The van der Waals surface area contributed by atoms with Crippen molar-refractivity contribution < 1.29 is 4.74 Å². The summed E-state index contributed by atoms with van der Waals surface area (Å²) in [5.74, 6) is 0.843. The van der Waals surface area contributed by atoms with Crippen LogP contribution in [0.5, 0.6) is 5.75 Å². The number of nitrogens with zero attached hydrogens (tertiary/aromatic N) is 1. The standard InChI is InChI=1S/C15H18N2O/c1-11-6-7-14(12(2)16)15(9-11)18-10-13-5-3-4-8-17-13/h3-9,12H,10,16H2,1-2H3/t12-/m1/s1. The zero-order valence-electron chi connectivity index (χ0n) is 10.8. The highest BCUT2D eigenvalue weighted by molar-refractivity contribution is 5.39. The van der Waals surface area contributed by atoms with E-state index in [0.29, 0.717) is 6.61 Å². The van der Waals surface area contributed by atoms with Crippen molar-refractivity contribution in [2.45, 2.75) is 26.5 Å². The van der Waals surface area contributed by atoms with Crippen LogP contribution < -0.4 is 10.5 Å². The molecular formula is C15H18N2O. The van der Waals surface area contributed by atoms with Crippen molar-refractivity contribution in [2.75, 3.05) is 0 Å². The van der Waals surface area contributed by atoms with Crippen LogP contribution in [0.2, 0.25) is 0 Å². The number of ether oxygens (including phenoxy) is 1. The zero-order valence-corrected chi connectivity index (χ0v) is 10.8. The molecule has 0 aliphatic heterocycles. The zero-order chi connectivity index (χ0) is 13.0. The minimum absolute atomic E-state index is 0.0377. The molecule has 0 spiro atoms. The van der Waals surface area contributed by atoms with E-state index in [1.807, 2.05) is 50.2 Å². The minimum Gasteiger partial charge on any atom is -0.487 e. The summed E-state index contributed by atoms with van der Waals surface area (Å²) in [5.41, 5.74) is 9.04. The Morgan fingerprint density at radius 3 is 2.78 bits per heavy atom. The molecule has 0 saturated carbocycles. The third kappa shape index (κ3) is 3.08. The lowest BCUT2D eigenvalue weighted by molar-refractivity contribution is 0.296. The highest BCUT2D eigenvalue weighted by atomic mass is 16.5. The van der Waals surface area contributed by atoms with Crippen molar-refractivity contribution in [3.63, 3.8) is 0 Å². The Balaban J connectivity index is 2.15. The second kappa shape index (κ2) is 5.65. The number of hydrogen-bond donors (Lipinski definition) is 1. The van der Waals surface area contributed by atoms with E-state index in [0.717, 1.165) is 22.6 Å². The molecule has 0 bridgehead atoms. The lowest BCUT2D eigenvalue weighted by atomic mass is 10.1. The van der Waals surface area contributed by atoms with Gasteiger partial charge in [-0.15, -0.1) is 0 Å². The first-order chi connectivity index (χ1) is 8.66. The van der Waals surface area contributed by atoms with Crippen molar-refractivity contribution >= 4 is 0 Å². The molecule has 1 atom stereocenters. The van der Waals surface area contributed by atoms with Gasteiger partial charge < -0.3 is 10.5 Å². The first kappa shape index (κ1) is 12.6. The molecule has 0 saturated heterocycles. The van der Waals surface area contributed by atoms with Crippen LogP contribution in [0.15, 0.2) is 42.6 Å². The summed E-state index contributed by atoms with van der Waals surface area (Å²) in [6.07, 6.45) is 1.77. The van der Waals surface area contributed by atoms with Gasteiger partial charge in [0.25, 0.3) is 0 Å². The predicted octanol–water partition coefficient (Wildman–Crippen LogP) is 2.99. The Morgan fingerprint density at radius 1 is 1.28 bits per heavy atom. The van der Waals surface area contributed by atoms with E-state index in [1.54, 1.807) is 6.20 Å². The average molecular weight is 242 g/mol. The van der Waals surface area contributed by atoms with Gasteiger partial charge in [0, 0.05) is 17.8 Å². The Labute approximate surface area is 108 Å². The topological polar surface area (TPSA) is 48.1 Å². The molecule has 2 aromatic rings. The number of aryl methyl sites for hydroxylation is 1. The van der Waals surface area contributed by atoms with E-state index in [9.17, 15) is 0 Å². The van der Waals surface area contributed by atoms with Gasteiger partial charge in [0.1, 0.15) is 12.4 Å². The molecule has 18 heavy (non-hydrogen) atoms. The van der Waals surface area contributed by atoms with E-state index in [-0.39, 0.29) is 6.04 Å². The summed E-state index contributed by atoms with van der Waals surface area (Å²) in [5, 5.41) is 0. The third-order valence-corrected chi connectivity index (χ3v) is 2.76. The number of nitrogens with two attached hydrogens (primary N) is 1. The van der Waals surface area contributed by atoms with Crippen molar-refractivity contribution in [1.29, 1.82) is 0 Å². The normalized spacial score (nSPS) is 12.2. The number of benzene rings is 1. The van der Waals surface area contributed by atoms with Crippen LogP contribution >= 0.6 is 0 Å². The van der Waals surface area contributed by atoms with Gasteiger partial charge in [-0.3, -0.25) is 4.98 Å². The molecule has 3 nitrogen and oxygen atoms in total. The van der Waals surface area contributed by atoms with Crippen LogP contribution in [0.1, 0.15) is 29.8 Å². The Morgan fingerprint density at radius 2 is 2.11 bits per heavy atom. The van der Waals surface area contributed by atoms with Crippen LogP contribution in [0.25, 0.3) is 0 Å². The lowest BCUT2D eigenvalue weighted by Crippen LogP contribution is -2.08. The lowest BCUT2D eigenvalue weighted by Gasteiger charge is -2.14. The summed E-state index contributed by atoms with van der Waals surface area (Å²) in [7, 11) is 0. The molecule has 0 aliphatic rings. The maximum absolute atomic E-state index is 5.94. The third-order valence-electron chi connectivity index (χ3n) is 2.76. The number of hydrogen-bond acceptors (Lipinski definition) is 3. The predicted molar refractivity (Wildman–Crippen MR) is 72.4 cm³/mol. The Hall–Kier alpha value is -1.87. The highest BCUT2D eigenvalue weighted by Crippen LogP contribution is 2.25. The molecule has 1 aromatic carbocycles. The molecule has 3 heteroatoms. The maximum atomic E-state index is 5.94. The van der Waals surface area contributed by atoms with E-state index < -0.39 is 0 Å². The van der Waals surface area contributed by atoms with E-state index in [2.05, 4.69) is 4.98 Å². The quantitative estimate of drug-likeness (QED) is 0.896. The van der Waals surface area contributed by atoms with Gasteiger partial charge in [-0.2, -0.15) is 0 Å². The summed E-state index contributed by atoms with van der Waals surface area (Å²) < 4.78 is 5.82. The summed E-state index contributed by atoms with van der Waals surface area (Å²) in [6.45, 7) is 4.46. The fourth-order valence-corrected chi connectivity index (χ4v) is 1.78. The summed E-state index contributed by atoms with van der Waals surface area (Å²) >= 11 is 0. The van der Waals surface area contributed by atoms with Crippen molar-refractivity contribution in [1.82, 2.24) is 4.98 Å². The van der Waals surface area contributed by atoms with Gasteiger partial charge in [-0.05, 0) is 37.6 Å². The number of aromatic nitrogens is 1. The van der Waals surface area contributed by atoms with Crippen LogP contribution in [0.3, 0.4) is 0 Å². The fraction of sp³-hybridized carbons (Fsp3) is 0.267. The van der Waals surface area contributed by atoms with E-state index in [1.165, 1.54) is 0 Å². The largest absolute Gasteiger partial charge is 0.487 e. The number of pyridine rings is 1. The van der Waals surface area contributed by atoms with Gasteiger partial charge in [-0.25, -0.2) is 0 Å². The molecule has 94 valence electrons. The van der Waals surface area contributed by atoms with Gasteiger partial charge in [0.2, 0.25) is 0 Å².